The smallest absolute Gasteiger partial charge is 0.251 e. The Hall–Kier alpha value is -1.22. The Bertz CT molecular complexity index is 432. The molecule has 0 aliphatic rings. The molecule has 0 aliphatic carbocycles. The third-order valence-electron chi connectivity index (χ3n) is 3.01. The number of amides is 1. The lowest BCUT2D eigenvalue weighted by molar-refractivity contribution is 0.0938. The summed E-state index contributed by atoms with van der Waals surface area (Å²) in [5.74, 6) is 0.529. The van der Waals surface area contributed by atoms with E-state index in [2.05, 4.69) is 19.2 Å². The molecule has 0 radical (unpaired) electrons. The van der Waals surface area contributed by atoms with Crippen LogP contribution in [0.25, 0.3) is 0 Å². The van der Waals surface area contributed by atoms with Crippen molar-refractivity contribution in [3.8, 4) is 5.75 Å². The molecule has 2 N–H and O–H groups in total. The van der Waals surface area contributed by atoms with E-state index >= 15 is 0 Å². The van der Waals surface area contributed by atoms with E-state index in [-0.39, 0.29) is 22.7 Å². The third-order valence-corrected chi connectivity index (χ3v) is 3.31. The normalized spacial score (nSPS) is 12.5. The molecule has 0 aromatic heterocycles. The van der Waals surface area contributed by atoms with Gasteiger partial charge in [-0.3, -0.25) is 4.79 Å². The van der Waals surface area contributed by atoms with Crippen LogP contribution in [0.15, 0.2) is 18.2 Å². The molecule has 1 atom stereocenters. The predicted molar refractivity (Wildman–Crippen MR) is 78.7 cm³/mol. The number of nitrogens with one attached hydrogen (secondary N) is 1. The lowest BCUT2D eigenvalue weighted by Crippen LogP contribution is -2.32. The van der Waals surface area contributed by atoms with Gasteiger partial charge in [0.25, 0.3) is 5.91 Å². The van der Waals surface area contributed by atoms with E-state index in [0.29, 0.717) is 11.5 Å². The van der Waals surface area contributed by atoms with E-state index in [1.807, 2.05) is 6.92 Å². The summed E-state index contributed by atoms with van der Waals surface area (Å²) >= 11 is 5.78. The Labute approximate surface area is 120 Å². The number of carbonyl (C=O) groups is 1. The van der Waals surface area contributed by atoms with Crippen molar-refractivity contribution in [3.63, 3.8) is 0 Å². The van der Waals surface area contributed by atoms with Crippen molar-refractivity contribution in [2.75, 3.05) is 0 Å². The van der Waals surface area contributed by atoms with Crippen LogP contribution < -0.4 is 5.32 Å². The van der Waals surface area contributed by atoms with E-state index in [9.17, 15) is 9.90 Å². The van der Waals surface area contributed by atoms with Crippen molar-refractivity contribution < 1.29 is 9.90 Å². The van der Waals surface area contributed by atoms with Crippen LogP contribution in [-0.4, -0.2) is 17.1 Å². The molecule has 106 valence electrons. The van der Waals surface area contributed by atoms with Crippen molar-refractivity contribution in [2.24, 2.45) is 5.92 Å². The molecule has 19 heavy (non-hydrogen) atoms. The van der Waals surface area contributed by atoms with Gasteiger partial charge in [0.2, 0.25) is 0 Å². The van der Waals surface area contributed by atoms with Gasteiger partial charge >= 0.3 is 0 Å². The second-order valence-corrected chi connectivity index (χ2v) is 5.77. The van der Waals surface area contributed by atoms with E-state index in [1.54, 1.807) is 6.07 Å². The number of hydrogen-bond donors (Lipinski definition) is 2. The van der Waals surface area contributed by atoms with E-state index in [1.165, 1.54) is 18.6 Å². The number of phenols is 1. The van der Waals surface area contributed by atoms with Gasteiger partial charge in [0.1, 0.15) is 5.75 Å². The Kier molecular flexibility index (Phi) is 6.16. The minimum absolute atomic E-state index is 0.0109. The molecule has 0 saturated carbocycles. The number of aromatic hydroxyl groups is 1. The molecule has 0 bridgehead atoms. The van der Waals surface area contributed by atoms with Crippen LogP contribution in [0.1, 0.15) is 50.4 Å². The van der Waals surface area contributed by atoms with Crippen molar-refractivity contribution in [1.29, 1.82) is 0 Å². The summed E-state index contributed by atoms with van der Waals surface area (Å²) in [6.45, 7) is 6.39. The van der Waals surface area contributed by atoms with Crippen LogP contribution in [0.4, 0.5) is 0 Å². The minimum atomic E-state index is -0.154. The van der Waals surface area contributed by atoms with Gasteiger partial charge in [0.15, 0.2) is 0 Å². The minimum Gasteiger partial charge on any atom is -0.506 e. The lowest BCUT2D eigenvalue weighted by atomic mass is 10.0. The summed E-state index contributed by atoms with van der Waals surface area (Å²) in [6.07, 6.45) is 3.25. The quantitative estimate of drug-likeness (QED) is 0.829. The highest BCUT2D eigenvalue weighted by Gasteiger charge is 2.11. The monoisotopic (exact) mass is 283 g/mol. The average molecular weight is 284 g/mol. The summed E-state index contributed by atoms with van der Waals surface area (Å²) < 4.78 is 0. The highest BCUT2D eigenvalue weighted by atomic mass is 35.5. The summed E-state index contributed by atoms with van der Waals surface area (Å²) in [6, 6.07) is 4.62. The van der Waals surface area contributed by atoms with Gasteiger partial charge in [0.05, 0.1) is 5.02 Å². The summed E-state index contributed by atoms with van der Waals surface area (Å²) in [4.78, 5) is 12.0. The molecule has 0 fully saturated rings. The van der Waals surface area contributed by atoms with Crippen LogP contribution in [0.5, 0.6) is 5.75 Å². The maximum atomic E-state index is 12.0. The van der Waals surface area contributed by atoms with Gasteiger partial charge in [-0.05, 0) is 37.5 Å². The third kappa shape index (κ3) is 5.52. The molecule has 0 unspecified atom stereocenters. The fraction of sp³-hybridized carbons (Fsp3) is 0.533. The van der Waals surface area contributed by atoms with E-state index < -0.39 is 0 Å². The molecule has 0 saturated heterocycles. The number of rotatable bonds is 6. The first-order chi connectivity index (χ1) is 8.90. The molecular weight excluding hydrogens is 262 g/mol. The van der Waals surface area contributed by atoms with E-state index in [0.717, 1.165) is 12.8 Å². The van der Waals surface area contributed by atoms with Gasteiger partial charge < -0.3 is 10.4 Å². The van der Waals surface area contributed by atoms with Crippen molar-refractivity contribution in [2.45, 2.75) is 46.1 Å². The van der Waals surface area contributed by atoms with Crippen molar-refractivity contribution >= 4 is 17.5 Å². The predicted octanol–water partition coefficient (Wildman–Crippen LogP) is 3.99. The van der Waals surface area contributed by atoms with Crippen LogP contribution in [0.3, 0.4) is 0 Å². The highest BCUT2D eigenvalue weighted by Crippen LogP contribution is 2.23. The summed E-state index contributed by atoms with van der Waals surface area (Å²) in [5.41, 5.74) is 0.471. The standard InChI is InChI=1S/C15H22ClNO2/c1-10(2)5-4-6-11(3)17-15(19)12-7-8-14(18)13(16)9-12/h7-11,18H,4-6H2,1-3H3,(H,17,19)/t11-/m0/s1. The summed E-state index contributed by atoms with van der Waals surface area (Å²) in [5, 5.41) is 12.4. The van der Waals surface area contributed by atoms with Gasteiger partial charge in [-0.2, -0.15) is 0 Å². The molecule has 4 heteroatoms. The Balaban J connectivity index is 2.47. The molecule has 0 aliphatic heterocycles. The number of carbonyl (C=O) groups excluding carboxylic acids is 1. The number of hydrogen-bond acceptors (Lipinski definition) is 2. The molecular formula is C15H22ClNO2. The van der Waals surface area contributed by atoms with Gasteiger partial charge in [0, 0.05) is 11.6 Å². The summed E-state index contributed by atoms with van der Waals surface area (Å²) in [7, 11) is 0. The molecule has 1 aromatic carbocycles. The SMILES string of the molecule is CC(C)CCC[C@H](C)NC(=O)c1ccc(O)c(Cl)c1. The lowest BCUT2D eigenvalue weighted by Gasteiger charge is -2.14. The Morgan fingerprint density at radius 3 is 2.58 bits per heavy atom. The second-order valence-electron chi connectivity index (χ2n) is 5.37. The zero-order valence-corrected chi connectivity index (χ0v) is 12.5. The fourth-order valence-corrected chi connectivity index (χ4v) is 2.04. The first kappa shape index (κ1) is 15.8. The average Bonchev–Trinajstić information content (AvgIpc) is 2.32. The van der Waals surface area contributed by atoms with Crippen molar-refractivity contribution in [1.82, 2.24) is 5.32 Å². The molecule has 1 amide bonds. The molecule has 1 aromatic rings. The van der Waals surface area contributed by atoms with E-state index in [4.69, 9.17) is 11.6 Å². The first-order valence-corrected chi connectivity index (χ1v) is 7.07. The largest absolute Gasteiger partial charge is 0.506 e. The molecule has 1 rings (SSSR count). The van der Waals surface area contributed by atoms with Crippen LogP contribution in [-0.2, 0) is 0 Å². The zero-order valence-electron chi connectivity index (χ0n) is 11.7. The fourth-order valence-electron chi connectivity index (χ4n) is 1.86. The van der Waals surface area contributed by atoms with Crippen molar-refractivity contribution in [3.05, 3.63) is 28.8 Å². The molecule has 3 nitrogen and oxygen atoms in total. The Morgan fingerprint density at radius 1 is 1.32 bits per heavy atom. The van der Waals surface area contributed by atoms with Gasteiger partial charge in [-0.1, -0.05) is 38.3 Å². The molecule has 0 heterocycles. The maximum absolute atomic E-state index is 12.0. The topological polar surface area (TPSA) is 49.3 Å². The molecule has 0 spiro atoms. The van der Waals surface area contributed by atoms with Crippen LogP contribution in [0, 0.1) is 5.92 Å². The first-order valence-electron chi connectivity index (χ1n) is 6.69. The van der Waals surface area contributed by atoms with Crippen LogP contribution >= 0.6 is 11.6 Å². The number of phenolic OH excluding ortho intramolecular Hbond substituents is 1. The number of halogens is 1. The van der Waals surface area contributed by atoms with Crippen LogP contribution in [0.2, 0.25) is 5.02 Å². The zero-order chi connectivity index (χ0) is 14.4. The second kappa shape index (κ2) is 7.39. The van der Waals surface area contributed by atoms with Gasteiger partial charge in [-0.25, -0.2) is 0 Å². The van der Waals surface area contributed by atoms with Gasteiger partial charge in [-0.15, -0.1) is 0 Å². The Morgan fingerprint density at radius 2 is 2.00 bits per heavy atom. The maximum Gasteiger partial charge on any atom is 0.251 e. The highest BCUT2D eigenvalue weighted by molar-refractivity contribution is 6.32. The number of benzene rings is 1.